The Hall–Kier alpha value is -0.870. The number of rotatable bonds is 34. The van der Waals surface area contributed by atoms with Gasteiger partial charge in [-0.1, -0.05) is 177 Å². The molecule has 0 rings (SSSR count). The third kappa shape index (κ3) is 34.8. The van der Waals surface area contributed by atoms with Crippen LogP contribution in [0.1, 0.15) is 215 Å². The van der Waals surface area contributed by atoms with Crippen molar-refractivity contribution in [2.24, 2.45) is 16.7 Å². The lowest BCUT2D eigenvalue weighted by atomic mass is 9.89. The van der Waals surface area contributed by atoms with E-state index in [0.717, 1.165) is 45.3 Å². The summed E-state index contributed by atoms with van der Waals surface area (Å²) >= 11 is 0. The third-order valence-electron chi connectivity index (χ3n) is 9.40. The SMILES string of the molecule is C=CC(=O)OCCCC(CCCCCCCCC)C(OCCCCCCCCCC(C)(C)C)OCCCCCCCCCC(C)(C)C. The van der Waals surface area contributed by atoms with Gasteiger partial charge in [0, 0.05) is 25.2 Å². The van der Waals surface area contributed by atoms with Gasteiger partial charge in [-0.15, -0.1) is 0 Å². The molecule has 0 aliphatic heterocycles. The van der Waals surface area contributed by atoms with E-state index in [1.165, 1.54) is 141 Å². The van der Waals surface area contributed by atoms with Crippen molar-refractivity contribution >= 4 is 5.97 Å². The highest BCUT2D eigenvalue weighted by Gasteiger charge is 2.23. The molecule has 1 atom stereocenters. The highest BCUT2D eigenvalue weighted by Crippen LogP contribution is 2.26. The van der Waals surface area contributed by atoms with E-state index in [1.807, 2.05) is 0 Å². The Kier molecular flexibility index (Phi) is 30.6. The van der Waals surface area contributed by atoms with E-state index in [-0.39, 0.29) is 12.3 Å². The predicted octanol–water partition coefficient (Wildman–Crippen LogP) is 13.9. The number of unbranched alkanes of at least 4 members (excludes halogenated alkanes) is 18. The van der Waals surface area contributed by atoms with Crippen molar-refractivity contribution in [2.45, 2.75) is 222 Å². The van der Waals surface area contributed by atoms with Crippen LogP contribution in [0.3, 0.4) is 0 Å². The lowest BCUT2D eigenvalue weighted by Gasteiger charge is -2.28. The first-order chi connectivity index (χ1) is 22.5. The van der Waals surface area contributed by atoms with Crippen LogP contribution in [0.5, 0.6) is 0 Å². The molecule has 0 radical (unpaired) electrons. The van der Waals surface area contributed by atoms with Gasteiger partial charge in [0.2, 0.25) is 0 Å². The maximum Gasteiger partial charge on any atom is 0.330 e. The van der Waals surface area contributed by atoms with Crippen LogP contribution in [0, 0.1) is 16.7 Å². The molecule has 1 unspecified atom stereocenters. The Balaban J connectivity index is 4.78. The fourth-order valence-electron chi connectivity index (χ4n) is 6.36. The van der Waals surface area contributed by atoms with Crippen molar-refractivity contribution in [1.82, 2.24) is 0 Å². The van der Waals surface area contributed by atoms with Crippen molar-refractivity contribution < 1.29 is 19.0 Å². The first-order valence-corrected chi connectivity index (χ1v) is 20.5. The minimum absolute atomic E-state index is 0.153. The van der Waals surface area contributed by atoms with Crippen molar-refractivity contribution in [3.05, 3.63) is 12.7 Å². The first-order valence-electron chi connectivity index (χ1n) is 20.5. The maximum atomic E-state index is 11.6. The molecule has 0 aromatic heterocycles. The fourth-order valence-corrected chi connectivity index (χ4v) is 6.36. The van der Waals surface area contributed by atoms with Gasteiger partial charge in [-0.05, 0) is 55.8 Å². The second kappa shape index (κ2) is 31.1. The normalized spacial score (nSPS) is 12.9. The number of carbonyl (C=O) groups is 1. The van der Waals surface area contributed by atoms with Crippen LogP contribution in [-0.2, 0) is 19.0 Å². The summed E-state index contributed by atoms with van der Waals surface area (Å²) in [6.45, 7) is 21.9. The van der Waals surface area contributed by atoms with E-state index in [9.17, 15) is 4.79 Å². The van der Waals surface area contributed by atoms with Gasteiger partial charge in [0.05, 0.1) is 6.61 Å². The topological polar surface area (TPSA) is 44.8 Å². The largest absolute Gasteiger partial charge is 0.463 e. The van der Waals surface area contributed by atoms with E-state index < -0.39 is 0 Å². The van der Waals surface area contributed by atoms with E-state index in [1.54, 1.807) is 0 Å². The second-order valence-electron chi connectivity index (χ2n) is 16.9. The molecule has 0 saturated heterocycles. The molecular formula is C43H84O4. The van der Waals surface area contributed by atoms with Gasteiger partial charge >= 0.3 is 5.97 Å². The summed E-state index contributed by atoms with van der Waals surface area (Å²) in [5.74, 6) is 0.0137. The lowest BCUT2D eigenvalue weighted by molar-refractivity contribution is -0.177. The Labute approximate surface area is 295 Å². The zero-order valence-electron chi connectivity index (χ0n) is 33.1. The molecule has 47 heavy (non-hydrogen) atoms. The van der Waals surface area contributed by atoms with Gasteiger partial charge in [0.1, 0.15) is 0 Å². The molecular weight excluding hydrogens is 580 g/mol. The van der Waals surface area contributed by atoms with Crippen LogP contribution in [0.2, 0.25) is 0 Å². The summed E-state index contributed by atoms with van der Waals surface area (Å²) < 4.78 is 18.4. The molecule has 4 heteroatoms. The molecule has 0 fully saturated rings. The number of hydrogen-bond acceptors (Lipinski definition) is 4. The van der Waals surface area contributed by atoms with Crippen LogP contribution in [-0.4, -0.2) is 32.1 Å². The van der Waals surface area contributed by atoms with Gasteiger partial charge < -0.3 is 14.2 Å². The first kappa shape index (κ1) is 46.1. The molecule has 0 bridgehead atoms. The summed E-state index contributed by atoms with van der Waals surface area (Å²) in [6, 6.07) is 0. The highest BCUT2D eigenvalue weighted by atomic mass is 16.7. The van der Waals surface area contributed by atoms with Gasteiger partial charge in [-0.3, -0.25) is 0 Å². The van der Waals surface area contributed by atoms with E-state index in [0.29, 0.717) is 23.4 Å². The average Bonchev–Trinajstić information content (AvgIpc) is 3.01. The molecule has 0 amide bonds. The summed E-state index contributed by atoms with van der Waals surface area (Å²) in [5, 5.41) is 0. The van der Waals surface area contributed by atoms with Crippen LogP contribution in [0.4, 0.5) is 0 Å². The standard InChI is InChI=1S/C43H84O4/c1-9-11-12-13-16-21-26-32-39(33-31-38-45-40(44)10-2)41(46-36-29-24-19-14-17-22-27-34-42(3,4)5)47-37-30-25-20-15-18-23-28-35-43(6,7)8/h10,39,41H,2,9,11-38H2,1,3-8H3. The highest BCUT2D eigenvalue weighted by molar-refractivity contribution is 5.81. The van der Waals surface area contributed by atoms with Crippen molar-refractivity contribution in [1.29, 1.82) is 0 Å². The Morgan fingerprint density at radius 3 is 1.34 bits per heavy atom. The Morgan fingerprint density at radius 1 is 0.532 bits per heavy atom. The monoisotopic (exact) mass is 665 g/mol. The van der Waals surface area contributed by atoms with E-state index in [2.05, 4.69) is 55.0 Å². The van der Waals surface area contributed by atoms with Gasteiger partial charge in [-0.2, -0.15) is 0 Å². The second-order valence-corrected chi connectivity index (χ2v) is 16.9. The summed E-state index contributed by atoms with van der Waals surface area (Å²) in [5.41, 5.74) is 0.925. The molecule has 0 spiro atoms. The zero-order chi connectivity index (χ0) is 35.1. The smallest absolute Gasteiger partial charge is 0.330 e. The van der Waals surface area contributed by atoms with Crippen LogP contribution < -0.4 is 0 Å². The van der Waals surface area contributed by atoms with Crippen LogP contribution >= 0.6 is 0 Å². The number of carbonyl (C=O) groups excluding carboxylic acids is 1. The predicted molar refractivity (Wildman–Crippen MR) is 205 cm³/mol. The summed E-state index contributed by atoms with van der Waals surface area (Å²) in [7, 11) is 0. The number of hydrogen-bond donors (Lipinski definition) is 0. The molecule has 280 valence electrons. The zero-order valence-corrected chi connectivity index (χ0v) is 33.1. The van der Waals surface area contributed by atoms with Gasteiger partial charge in [0.15, 0.2) is 6.29 Å². The molecule has 0 aromatic carbocycles. The number of ether oxygens (including phenoxy) is 3. The van der Waals surface area contributed by atoms with Crippen molar-refractivity contribution in [3.8, 4) is 0 Å². The van der Waals surface area contributed by atoms with Crippen LogP contribution in [0.25, 0.3) is 0 Å². The summed E-state index contributed by atoms with van der Waals surface area (Å²) in [6.07, 6.45) is 34.0. The Bertz CT molecular complexity index is 655. The van der Waals surface area contributed by atoms with Gasteiger partial charge in [0.25, 0.3) is 0 Å². The average molecular weight is 665 g/mol. The molecule has 0 aliphatic carbocycles. The van der Waals surface area contributed by atoms with Crippen LogP contribution in [0.15, 0.2) is 12.7 Å². The minimum Gasteiger partial charge on any atom is -0.463 e. The van der Waals surface area contributed by atoms with E-state index in [4.69, 9.17) is 14.2 Å². The molecule has 4 nitrogen and oxygen atoms in total. The van der Waals surface area contributed by atoms with Crippen molar-refractivity contribution in [3.63, 3.8) is 0 Å². The quantitative estimate of drug-likeness (QED) is 0.0297. The Morgan fingerprint density at radius 2 is 0.915 bits per heavy atom. The minimum atomic E-state index is -0.332. The lowest BCUT2D eigenvalue weighted by Crippen LogP contribution is -2.29. The molecule has 0 aliphatic rings. The van der Waals surface area contributed by atoms with Crippen molar-refractivity contribution in [2.75, 3.05) is 19.8 Å². The third-order valence-corrected chi connectivity index (χ3v) is 9.40. The molecule has 0 heterocycles. The fraction of sp³-hybridized carbons (Fsp3) is 0.930. The van der Waals surface area contributed by atoms with E-state index >= 15 is 0 Å². The molecule has 0 N–H and O–H groups in total. The molecule has 0 saturated carbocycles. The molecule has 0 aromatic rings. The summed E-state index contributed by atoms with van der Waals surface area (Å²) in [4.78, 5) is 11.6. The van der Waals surface area contributed by atoms with Gasteiger partial charge in [-0.25, -0.2) is 4.79 Å². The maximum absolute atomic E-state index is 11.6. The number of esters is 1.